The number of sulfonamides is 1. The van der Waals surface area contributed by atoms with Crippen LogP contribution < -0.4 is 4.72 Å². The number of aliphatic hydroxyl groups excluding tert-OH is 1. The normalized spacial score (nSPS) is 14.8. The Bertz CT molecular complexity index is 679. The lowest BCUT2D eigenvalue weighted by atomic mass is 10.1. The lowest BCUT2D eigenvalue weighted by molar-refractivity contribution is 0.199. The molecule has 0 aliphatic rings. The summed E-state index contributed by atoms with van der Waals surface area (Å²) in [6, 6.07) is 10.1. The maximum absolute atomic E-state index is 12.4. The van der Waals surface area contributed by atoms with Gasteiger partial charge in [-0.2, -0.15) is 0 Å². The minimum atomic E-state index is -3.58. The van der Waals surface area contributed by atoms with Gasteiger partial charge in [-0.1, -0.05) is 18.2 Å². The van der Waals surface area contributed by atoms with E-state index in [2.05, 4.69) is 4.72 Å². The second kappa shape index (κ2) is 6.70. The molecule has 0 amide bonds. The quantitative estimate of drug-likeness (QED) is 0.858. The molecule has 2 rings (SSSR count). The number of hydrogen-bond acceptors (Lipinski definition) is 4. The molecule has 0 spiro atoms. The van der Waals surface area contributed by atoms with Crippen molar-refractivity contribution in [1.29, 1.82) is 0 Å². The van der Waals surface area contributed by atoms with Crippen LogP contribution in [0.2, 0.25) is 0 Å². The summed E-state index contributed by atoms with van der Waals surface area (Å²) < 4.78 is 27.4. The maximum Gasteiger partial charge on any atom is 0.240 e. The molecule has 0 bridgehead atoms. The van der Waals surface area contributed by atoms with E-state index in [-0.39, 0.29) is 10.9 Å². The number of aliphatic hydroxyl groups is 1. The zero-order valence-electron chi connectivity index (χ0n) is 12.0. The van der Waals surface area contributed by atoms with E-state index in [0.717, 1.165) is 4.88 Å². The highest BCUT2D eigenvalue weighted by Gasteiger charge is 2.18. The van der Waals surface area contributed by atoms with E-state index < -0.39 is 16.1 Å². The van der Waals surface area contributed by atoms with Crippen molar-refractivity contribution in [3.63, 3.8) is 0 Å². The fourth-order valence-electron chi connectivity index (χ4n) is 2.05. The first-order valence-corrected chi connectivity index (χ1v) is 9.07. The first-order valence-electron chi connectivity index (χ1n) is 6.71. The summed E-state index contributed by atoms with van der Waals surface area (Å²) in [5.74, 6) is 0. The van der Waals surface area contributed by atoms with Crippen LogP contribution in [0.1, 0.15) is 30.4 Å². The van der Waals surface area contributed by atoms with Crippen molar-refractivity contribution in [2.24, 2.45) is 0 Å². The summed E-state index contributed by atoms with van der Waals surface area (Å²) in [4.78, 5) is 1.32. The van der Waals surface area contributed by atoms with Crippen LogP contribution in [0.15, 0.2) is 46.7 Å². The van der Waals surface area contributed by atoms with Gasteiger partial charge in [-0.3, -0.25) is 0 Å². The molecule has 0 fully saturated rings. The molecule has 0 aliphatic heterocycles. The van der Waals surface area contributed by atoms with Crippen LogP contribution in [0.4, 0.5) is 0 Å². The largest absolute Gasteiger partial charge is 0.389 e. The molecule has 0 radical (unpaired) electrons. The minimum Gasteiger partial charge on any atom is -0.389 e. The molecular formula is C15H19NO3S2. The van der Waals surface area contributed by atoms with E-state index in [4.69, 9.17) is 0 Å². The van der Waals surface area contributed by atoms with Crippen LogP contribution >= 0.6 is 11.3 Å². The van der Waals surface area contributed by atoms with Gasteiger partial charge in [0.2, 0.25) is 10.0 Å². The van der Waals surface area contributed by atoms with Crippen molar-refractivity contribution >= 4 is 21.4 Å². The van der Waals surface area contributed by atoms with E-state index in [1.807, 2.05) is 24.4 Å². The first kappa shape index (κ1) is 16.2. The van der Waals surface area contributed by atoms with Crippen molar-refractivity contribution in [2.45, 2.75) is 37.3 Å². The number of nitrogens with one attached hydrogen (secondary N) is 1. The number of hydrogen-bond donors (Lipinski definition) is 2. The molecular weight excluding hydrogens is 306 g/mol. The average Bonchev–Trinajstić information content (AvgIpc) is 2.91. The van der Waals surface area contributed by atoms with Crippen molar-refractivity contribution in [3.8, 4) is 0 Å². The average molecular weight is 325 g/mol. The zero-order chi connectivity index (χ0) is 15.5. The topological polar surface area (TPSA) is 66.4 Å². The highest BCUT2D eigenvalue weighted by Crippen LogP contribution is 2.18. The molecule has 2 unspecified atom stereocenters. The Hall–Kier alpha value is -1.21. The minimum absolute atomic E-state index is 0.180. The molecule has 6 heteroatoms. The first-order chi connectivity index (χ1) is 9.88. The van der Waals surface area contributed by atoms with Gasteiger partial charge in [0.05, 0.1) is 11.0 Å². The van der Waals surface area contributed by atoms with E-state index in [9.17, 15) is 13.5 Å². The van der Waals surface area contributed by atoms with E-state index in [1.165, 1.54) is 12.1 Å². The van der Waals surface area contributed by atoms with Gasteiger partial charge < -0.3 is 5.11 Å². The van der Waals surface area contributed by atoms with E-state index >= 15 is 0 Å². The van der Waals surface area contributed by atoms with Crippen molar-refractivity contribution in [2.75, 3.05) is 0 Å². The van der Waals surface area contributed by atoms with Gasteiger partial charge in [-0.25, -0.2) is 13.1 Å². The maximum atomic E-state index is 12.4. The lowest BCUT2D eigenvalue weighted by Crippen LogP contribution is -2.34. The highest BCUT2D eigenvalue weighted by atomic mass is 32.2. The third-order valence-corrected chi connectivity index (χ3v) is 5.58. The highest BCUT2D eigenvalue weighted by molar-refractivity contribution is 7.89. The SMILES string of the molecule is CC(Cc1cccs1)NS(=O)(=O)c1cccc(C(C)O)c1. The van der Waals surface area contributed by atoms with Gasteiger partial charge in [-0.05, 0) is 49.4 Å². The third kappa shape index (κ3) is 4.38. The third-order valence-electron chi connectivity index (χ3n) is 3.09. The summed E-state index contributed by atoms with van der Waals surface area (Å²) >= 11 is 1.61. The summed E-state index contributed by atoms with van der Waals surface area (Å²) in [6.45, 7) is 3.45. The molecule has 1 aromatic heterocycles. The Morgan fingerprint density at radius 3 is 2.62 bits per heavy atom. The monoisotopic (exact) mass is 325 g/mol. The molecule has 0 saturated carbocycles. The molecule has 1 aromatic carbocycles. The molecule has 2 atom stereocenters. The van der Waals surface area contributed by atoms with Crippen LogP contribution in [0, 0.1) is 0 Å². The van der Waals surface area contributed by atoms with E-state index in [0.29, 0.717) is 12.0 Å². The summed E-state index contributed by atoms with van der Waals surface area (Å²) in [5.41, 5.74) is 0.587. The molecule has 4 nitrogen and oxygen atoms in total. The van der Waals surface area contributed by atoms with Crippen LogP contribution in [-0.2, 0) is 16.4 Å². The predicted octanol–water partition coefficient (Wildman–Crippen LogP) is 2.71. The zero-order valence-corrected chi connectivity index (χ0v) is 13.6. The number of thiophene rings is 1. The van der Waals surface area contributed by atoms with Gasteiger partial charge in [-0.15, -0.1) is 11.3 Å². The van der Waals surface area contributed by atoms with Crippen molar-refractivity contribution in [1.82, 2.24) is 4.72 Å². The molecule has 0 saturated heterocycles. The van der Waals surface area contributed by atoms with Gasteiger partial charge in [0.1, 0.15) is 0 Å². The van der Waals surface area contributed by atoms with Gasteiger partial charge >= 0.3 is 0 Å². The molecule has 2 aromatic rings. The summed E-state index contributed by atoms with van der Waals surface area (Å²) in [6.07, 6.45) is -0.0313. The van der Waals surface area contributed by atoms with Crippen molar-refractivity contribution < 1.29 is 13.5 Å². The van der Waals surface area contributed by atoms with Crippen LogP contribution in [-0.4, -0.2) is 19.6 Å². The Morgan fingerprint density at radius 1 is 1.24 bits per heavy atom. The summed E-state index contributed by atoms with van der Waals surface area (Å²) in [7, 11) is -3.58. The molecule has 2 N–H and O–H groups in total. The molecule has 21 heavy (non-hydrogen) atoms. The molecule has 1 heterocycles. The Morgan fingerprint density at radius 2 is 2.00 bits per heavy atom. The number of benzene rings is 1. The van der Waals surface area contributed by atoms with Crippen LogP contribution in [0.5, 0.6) is 0 Å². The molecule has 114 valence electrons. The Labute approximate surface area is 129 Å². The standard InChI is InChI=1S/C15H19NO3S2/c1-11(9-14-6-4-8-20-14)16-21(18,19)15-7-3-5-13(10-15)12(2)17/h3-8,10-12,16-17H,9H2,1-2H3. The van der Waals surface area contributed by atoms with Gasteiger partial charge in [0.25, 0.3) is 0 Å². The van der Waals surface area contributed by atoms with Crippen LogP contribution in [0.25, 0.3) is 0 Å². The van der Waals surface area contributed by atoms with Crippen molar-refractivity contribution in [3.05, 3.63) is 52.2 Å². The lowest BCUT2D eigenvalue weighted by Gasteiger charge is -2.14. The Balaban J connectivity index is 2.12. The van der Waals surface area contributed by atoms with Crippen LogP contribution in [0.3, 0.4) is 0 Å². The second-order valence-corrected chi connectivity index (χ2v) is 7.80. The summed E-state index contributed by atoms with van der Waals surface area (Å²) in [5, 5.41) is 11.5. The Kier molecular flexibility index (Phi) is 5.16. The number of rotatable bonds is 6. The molecule has 0 aliphatic carbocycles. The second-order valence-electron chi connectivity index (χ2n) is 5.05. The predicted molar refractivity (Wildman–Crippen MR) is 84.9 cm³/mol. The van der Waals surface area contributed by atoms with E-state index in [1.54, 1.807) is 30.4 Å². The fraction of sp³-hybridized carbons (Fsp3) is 0.333. The fourth-order valence-corrected chi connectivity index (χ4v) is 4.18. The smallest absolute Gasteiger partial charge is 0.240 e. The van der Waals surface area contributed by atoms with Gasteiger partial charge in [0.15, 0.2) is 0 Å². The van der Waals surface area contributed by atoms with Gasteiger partial charge in [0, 0.05) is 10.9 Å².